The first kappa shape index (κ1) is 20.3. The Morgan fingerprint density at radius 3 is 2.66 bits per heavy atom. The van der Waals surface area contributed by atoms with Gasteiger partial charge in [-0.05, 0) is 43.0 Å². The van der Waals surface area contributed by atoms with Gasteiger partial charge in [-0.25, -0.2) is 8.42 Å². The number of aromatic nitrogens is 1. The number of piperidine rings is 1. The van der Waals surface area contributed by atoms with E-state index in [0.717, 1.165) is 12.0 Å². The van der Waals surface area contributed by atoms with Crippen LogP contribution in [0.15, 0.2) is 53.7 Å². The standard InChI is InChI=1S/C21H24ClN3O3S/c22-19-7-1-2-8-20(19)29(27,28)25-11-4-6-18(15-25)21(26)24-12-9-17(14-24)16-5-3-10-23-13-16/h1-3,5,7-8,10,13,17-18H,4,6,9,11-12,14-15H2. The Bertz CT molecular complexity index is 984. The van der Waals surface area contributed by atoms with E-state index in [4.69, 9.17) is 11.6 Å². The van der Waals surface area contributed by atoms with Crippen molar-refractivity contribution < 1.29 is 13.2 Å². The normalized spacial score (nSPS) is 23.3. The number of rotatable bonds is 4. The van der Waals surface area contributed by atoms with Crippen molar-refractivity contribution in [1.82, 2.24) is 14.2 Å². The van der Waals surface area contributed by atoms with Crippen molar-refractivity contribution >= 4 is 27.5 Å². The van der Waals surface area contributed by atoms with Gasteiger partial charge in [-0.1, -0.05) is 29.8 Å². The monoisotopic (exact) mass is 433 g/mol. The van der Waals surface area contributed by atoms with Crippen molar-refractivity contribution in [2.75, 3.05) is 26.2 Å². The second-order valence-corrected chi connectivity index (χ2v) is 10.0. The van der Waals surface area contributed by atoms with Crippen LogP contribution >= 0.6 is 11.6 Å². The molecule has 2 aliphatic rings. The maximum Gasteiger partial charge on any atom is 0.244 e. The Morgan fingerprint density at radius 2 is 1.90 bits per heavy atom. The van der Waals surface area contributed by atoms with Crippen LogP contribution in [0.4, 0.5) is 0 Å². The van der Waals surface area contributed by atoms with Gasteiger partial charge in [-0.3, -0.25) is 9.78 Å². The largest absolute Gasteiger partial charge is 0.342 e. The van der Waals surface area contributed by atoms with Crippen LogP contribution < -0.4 is 0 Å². The minimum Gasteiger partial charge on any atom is -0.342 e. The summed E-state index contributed by atoms with van der Waals surface area (Å²) in [6.45, 7) is 1.99. The number of halogens is 1. The minimum atomic E-state index is -3.71. The summed E-state index contributed by atoms with van der Waals surface area (Å²) in [5.41, 5.74) is 1.15. The zero-order chi connectivity index (χ0) is 20.4. The van der Waals surface area contributed by atoms with E-state index in [-0.39, 0.29) is 28.3 Å². The molecule has 2 fully saturated rings. The number of sulfonamides is 1. The highest BCUT2D eigenvalue weighted by atomic mass is 35.5. The van der Waals surface area contributed by atoms with Gasteiger partial charge in [0.15, 0.2) is 0 Å². The zero-order valence-corrected chi connectivity index (χ0v) is 17.6. The molecular formula is C21H24ClN3O3S. The quantitative estimate of drug-likeness (QED) is 0.742. The molecule has 4 rings (SSSR count). The fourth-order valence-electron chi connectivity index (χ4n) is 4.26. The van der Waals surface area contributed by atoms with Crippen molar-refractivity contribution in [2.24, 2.45) is 5.92 Å². The van der Waals surface area contributed by atoms with Crippen LogP contribution in [0, 0.1) is 5.92 Å². The van der Waals surface area contributed by atoms with E-state index < -0.39 is 10.0 Å². The molecule has 1 aromatic heterocycles. The molecule has 2 aromatic rings. The second kappa shape index (κ2) is 8.42. The summed E-state index contributed by atoms with van der Waals surface area (Å²) >= 11 is 6.12. The molecular weight excluding hydrogens is 410 g/mol. The van der Waals surface area contributed by atoms with Gasteiger partial charge in [-0.2, -0.15) is 4.31 Å². The number of amides is 1. The Balaban J connectivity index is 1.45. The minimum absolute atomic E-state index is 0.0513. The molecule has 0 radical (unpaired) electrons. The molecule has 154 valence electrons. The molecule has 1 amide bonds. The molecule has 29 heavy (non-hydrogen) atoms. The third-order valence-corrected chi connectivity index (χ3v) is 8.21. The van der Waals surface area contributed by atoms with Gasteiger partial charge in [-0.15, -0.1) is 0 Å². The zero-order valence-electron chi connectivity index (χ0n) is 16.1. The number of benzene rings is 1. The summed E-state index contributed by atoms with van der Waals surface area (Å²) in [7, 11) is -3.71. The van der Waals surface area contributed by atoms with Gasteiger partial charge in [0.25, 0.3) is 0 Å². The van der Waals surface area contributed by atoms with Crippen LogP contribution in [0.2, 0.25) is 5.02 Å². The highest BCUT2D eigenvalue weighted by molar-refractivity contribution is 7.89. The molecule has 2 unspecified atom stereocenters. The molecule has 0 bridgehead atoms. The van der Waals surface area contributed by atoms with Crippen LogP contribution in [0.1, 0.15) is 30.7 Å². The van der Waals surface area contributed by atoms with Crippen molar-refractivity contribution in [3.63, 3.8) is 0 Å². The lowest BCUT2D eigenvalue weighted by atomic mass is 9.98. The highest BCUT2D eigenvalue weighted by Crippen LogP contribution is 2.31. The number of likely N-dealkylation sites (tertiary alicyclic amines) is 1. The van der Waals surface area contributed by atoms with E-state index in [1.54, 1.807) is 24.4 Å². The number of hydrogen-bond donors (Lipinski definition) is 0. The van der Waals surface area contributed by atoms with Crippen LogP contribution in [0.3, 0.4) is 0 Å². The van der Waals surface area contributed by atoms with Crippen LogP contribution in [0.5, 0.6) is 0 Å². The molecule has 6 nitrogen and oxygen atoms in total. The molecule has 2 aliphatic heterocycles. The topological polar surface area (TPSA) is 70.6 Å². The van der Waals surface area contributed by atoms with Gasteiger partial charge in [0, 0.05) is 44.5 Å². The lowest BCUT2D eigenvalue weighted by molar-refractivity contribution is -0.135. The third-order valence-electron chi connectivity index (χ3n) is 5.84. The number of carbonyl (C=O) groups is 1. The van der Waals surface area contributed by atoms with Crippen LogP contribution in [-0.2, 0) is 14.8 Å². The number of nitrogens with zero attached hydrogens (tertiary/aromatic N) is 3. The van der Waals surface area contributed by atoms with Gasteiger partial charge >= 0.3 is 0 Å². The van der Waals surface area contributed by atoms with Crippen molar-refractivity contribution in [1.29, 1.82) is 0 Å². The predicted octanol–water partition coefficient (Wildman–Crippen LogP) is 3.15. The maximum absolute atomic E-state index is 13.1. The fraction of sp³-hybridized carbons (Fsp3) is 0.429. The lowest BCUT2D eigenvalue weighted by Gasteiger charge is -2.33. The Kier molecular flexibility index (Phi) is 5.90. The summed E-state index contributed by atoms with van der Waals surface area (Å²) in [6, 6.07) is 10.4. The van der Waals surface area contributed by atoms with Gasteiger partial charge < -0.3 is 4.90 Å². The summed E-state index contributed by atoms with van der Waals surface area (Å²) in [5, 5.41) is 0.208. The SMILES string of the molecule is O=C(C1CCCN(S(=O)(=O)c2ccccc2Cl)C1)N1CCC(c2cccnc2)C1. The molecule has 2 atom stereocenters. The summed E-state index contributed by atoms with van der Waals surface area (Å²) in [5.74, 6) is 0.0308. The van der Waals surface area contributed by atoms with E-state index in [1.165, 1.54) is 10.4 Å². The third kappa shape index (κ3) is 4.17. The summed E-state index contributed by atoms with van der Waals surface area (Å²) in [4.78, 5) is 19.3. The summed E-state index contributed by atoms with van der Waals surface area (Å²) < 4.78 is 27.5. The van der Waals surface area contributed by atoms with Crippen molar-refractivity contribution in [2.45, 2.75) is 30.1 Å². The van der Waals surface area contributed by atoms with Crippen molar-refractivity contribution in [3.8, 4) is 0 Å². The smallest absolute Gasteiger partial charge is 0.244 e. The van der Waals surface area contributed by atoms with Gasteiger partial charge in [0.1, 0.15) is 4.90 Å². The molecule has 1 aromatic carbocycles. The number of hydrogen-bond acceptors (Lipinski definition) is 4. The number of carbonyl (C=O) groups excluding carboxylic acids is 1. The van der Waals surface area contributed by atoms with Gasteiger partial charge in [0.05, 0.1) is 10.9 Å². The van der Waals surface area contributed by atoms with Gasteiger partial charge in [0.2, 0.25) is 15.9 Å². The maximum atomic E-state index is 13.1. The molecule has 0 saturated carbocycles. The van der Waals surface area contributed by atoms with E-state index in [1.807, 2.05) is 23.2 Å². The van der Waals surface area contributed by atoms with E-state index >= 15 is 0 Å². The average Bonchev–Trinajstić information content (AvgIpc) is 3.24. The van der Waals surface area contributed by atoms with E-state index in [9.17, 15) is 13.2 Å². The highest BCUT2D eigenvalue weighted by Gasteiger charge is 2.37. The van der Waals surface area contributed by atoms with E-state index in [0.29, 0.717) is 38.4 Å². The van der Waals surface area contributed by atoms with Crippen LogP contribution in [0.25, 0.3) is 0 Å². The molecule has 8 heteroatoms. The molecule has 0 spiro atoms. The first-order valence-electron chi connectivity index (χ1n) is 9.90. The Labute approximate surface area is 176 Å². The Hall–Kier alpha value is -1.96. The molecule has 3 heterocycles. The first-order chi connectivity index (χ1) is 14.0. The molecule has 0 N–H and O–H groups in total. The van der Waals surface area contributed by atoms with Crippen LogP contribution in [-0.4, -0.2) is 54.7 Å². The average molecular weight is 434 g/mol. The second-order valence-electron chi connectivity index (χ2n) is 7.69. The summed E-state index contributed by atoms with van der Waals surface area (Å²) in [6.07, 6.45) is 5.89. The van der Waals surface area contributed by atoms with E-state index in [2.05, 4.69) is 4.98 Å². The first-order valence-corrected chi connectivity index (χ1v) is 11.7. The van der Waals surface area contributed by atoms with Crippen molar-refractivity contribution in [3.05, 3.63) is 59.4 Å². The lowest BCUT2D eigenvalue weighted by Crippen LogP contribution is -2.46. The predicted molar refractivity (Wildman–Crippen MR) is 111 cm³/mol. The fourth-order valence-corrected chi connectivity index (χ4v) is 6.28. The Morgan fingerprint density at radius 1 is 1.07 bits per heavy atom. The number of pyridine rings is 1. The molecule has 0 aliphatic carbocycles. The molecule has 2 saturated heterocycles.